The zero-order valence-electron chi connectivity index (χ0n) is 12.1. The van der Waals surface area contributed by atoms with E-state index in [9.17, 15) is 0 Å². The first-order valence-corrected chi connectivity index (χ1v) is 7.51. The Kier molecular flexibility index (Phi) is 5.48. The molecule has 4 N–H and O–H groups in total. The number of ether oxygens (including phenoxy) is 1. The number of hydrogen-bond acceptors (Lipinski definition) is 5. The molecule has 0 amide bonds. The lowest BCUT2D eigenvalue weighted by Gasteiger charge is -2.41. The Morgan fingerprint density at radius 3 is 2.47 bits per heavy atom. The van der Waals surface area contributed by atoms with E-state index in [0.29, 0.717) is 6.04 Å². The molecule has 0 aliphatic carbocycles. The van der Waals surface area contributed by atoms with Crippen molar-refractivity contribution in [3.63, 3.8) is 0 Å². The van der Waals surface area contributed by atoms with Crippen LogP contribution in [-0.4, -0.2) is 48.3 Å². The van der Waals surface area contributed by atoms with Crippen molar-refractivity contribution in [3.05, 3.63) is 11.9 Å². The number of allylic oxidation sites excluding steroid dienone is 1. The summed E-state index contributed by atoms with van der Waals surface area (Å²) in [7, 11) is 0. The molecular formula is C14H28N4O. The fourth-order valence-corrected chi connectivity index (χ4v) is 2.99. The van der Waals surface area contributed by atoms with E-state index in [4.69, 9.17) is 16.3 Å². The van der Waals surface area contributed by atoms with Gasteiger partial charge in [-0.2, -0.15) is 0 Å². The van der Waals surface area contributed by atoms with Crippen LogP contribution < -0.4 is 11.6 Å². The summed E-state index contributed by atoms with van der Waals surface area (Å²) in [6.45, 7) is 6.17. The maximum absolute atomic E-state index is 6.09. The van der Waals surface area contributed by atoms with Gasteiger partial charge in [0.1, 0.15) is 0 Å². The second-order valence-electron chi connectivity index (χ2n) is 5.62. The van der Waals surface area contributed by atoms with Crippen molar-refractivity contribution < 1.29 is 4.74 Å². The molecule has 2 fully saturated rings. The maximum Gasteiger partial charge on any atom is 0.0480 e. The molecule has 2 rings (SSSR count). The lowest BCUT2D eigenvalue weighted by Crippen LogP contribution is -2.50. The summed E-state index contributed by atoms with van der Waals surface area (Å²) in [5.74, 6) is 6.09. The van der Waals surface area contributed by atoms with Gasteiger partial charge in [0.2, 0.25) is 0 Å². The number of rotatable bonds is 4. The van der Waals surface area contributed by atoms with Crippen LogP contribution in [0.3, 0.4) is 0 Å². The SMILES string of the molecule is CC/C(N)=C/N(N)C1CCN(C2CCOCC2)CC1. The van der Waals surface area contributed by atoms with E-state index < -0.39 is 0 Å². The number of nitrogens with zero attached hydrogens (tertiary/aromatic N) is 2. The minimum absolute atomic E-state index is 0.432. The molecular weight excluding hydrogens is 240 g/mol. The van der Waals surface area contributed by atoms with E-state index in [1.54, 1.807) is 0 Å². The average Bonchev–Trinajstić information content (AvgIpc) is 2.48. The Morgan fingerprint density at radius 1 is 1.26 bits per heavy atom. The molecule has 2 aliphatic rings. The van der Waals surface area contributed by atoms with Crippen molar-refractivity contribution >= 4 is 0 Å². The molecule has 2 aliphatic heterocycles. The summed E-state index contributed by atoms with van der Waals surface area (Å²) in [6.07, 6.45) is 7.37. The number of piperidine rings is 1. The Morgan fingerprint density at radius 2 is 1.89 bits per heavy atom. The minimum Gasteiger partial charge on any atom is -0.401 e. The van der Waals surface area contributed by atoms with Crippen molar-refractivity contribution in [3.8, 4) is 0 Å². The molecule has 0 bridgehead atoms. The maximum atomic E-state index is 6.09. The van der Waals surface area contributed by atoms with Crippen LogP contribution in [0.2, 0.25) is 0 Å². The molecule has 0 unspecified atom stereocenters. The van der Waals surface area contributed by atoms with Gasteiger partial charge in [-0.25, -0.2) is 5.84 Å². The number of hydrazine groups is 1. The second-order valence-corrected chi connectivity index (χ2v) is 5.62. The summed E-state index contributed by atoms with van der Waals surface area (Å²) >= 11 is 0. The van der Waals surface area contributed by atoms with Gasteiger partial charge in [0.15, 0.2) is 0 Å². The molecule has 110 valence electrons. The van der Waals surface area contributed by atoms with Crippen molar-refractivity contribution in [1.29, 1.82) is 0 Å². The van der Waals surface area contributed by atoms with Gasteiger partial charge in [0.05, 0.1) is 0 Å². The fourth-order valence-electron chi connectivity index (χ4n) is 2.99. The summed E-state index contributed by atoms with van der Waals surface area (Å²) < 4.78 is 5.43. The predicted octanol–water partition coefficient (Wildman–Crippen LogP) is 1.02. The quantitative estimate of drug-likeness (QED) is 0.588. The third-order valence-electron chi connectivity index (χ3n) is 4.35. The van der Waals surface area contributed by atoms with Crippen LogP contribution in [0.1, 0.15) is 39.0 Å². The Balaban J connectivity index is 1.78. The highest BCUT2D eigenvalue weighted by molar-refractivity contribution is 4.96. The Hall–Kier alpha value is -0.780. The van der Waals surface area contributed by atoms with Crippen molar-refractivity contribution in [2.75, 3.05) is 26.3 Å². The third kappa shape index (κ3) is 4.09. The molecule has 2 saturated heterocycles. The first-order chi connectivity index (χ1) is 9.20. The van der Waals surface area contributed by atoms with Gasteiger partial charge in [0, 0.05) is 50.3 Å². The first kappa shape index (κ1) is 14.6. The van der Waals surface area contributed by atoms with E-state index in [1.165, 1.54) is 12.8 Å². The molecule has 5 nitrogen and oxygen atoms in total. The molecule has 2 heterocycles. The van der Waals surface area contributed by atoms with Gasteiger partial charge in [-0.15, -0.1) is 0 Å². The summed E-state index contributed by atoms with van der Waals surface area (Å²) in [6, 6.07) is 1.15. The normalized spacial score (nSPS) is 24.6. The largest absolute Gasteiger partial charge is 0.401 e. The third-order valence-corrected chi connectivity index (χ3v) is 4.35. The molecule has 0 radical (unpaired) electrons. The highest BCUT2D eigenvalue weighted by atomic mass is 16.5. The van der Waals surface area contributed by atoms with E-state index in [1.807, 2.05) is 18.1 Å². The number of nitrogens with two attached hydrogens (primary N) is 2. The topological polar surface area (TPSA) is 67.8 Å². The van der Waals surface area contributed by atoms with Crippen LogP contribution in [0.15, 0.2) is 11.9 Å². The lowest BCUT2D eigenvalue weighted by atomic mass is 9.99. The van der Waals surface area contributed by atoms with Crippen LogP contribution in [0.25, 0.3) is 0 Å². The monoisotopic (exact) mass is 268 g/mol. The minimum atomic E-state index is 0.432. The highest BCUT2D eigenvalue weighted by Crippen LogP contribution is 2.21. The second kappa shape index (κ2) is 7.12. The lowest BCUT2D eigenvalue weighted by molar-refractivity contribution is 0.0174. The predicted molar refractivity (Wildman–Crippen MR) is 77.0 cm³/mol. The van der Waals surface area contributed by atoms with Crippen molar-refractivity contribution in [2.45, 2.75) is 51.1 Å². The zero-order valence-corrected chi connectivity index (χ0v) is 12.1. The van der Waals surface area contributed by atoms with Gasteiger partial charge in [-0.05, 0) is 32.1 Å². The van der Waals surface area contributed by atoms with Gasteiger partial charge in [-0.3, -0.25) is 0 Å². The van der Waals surface area contributed by atoms with Crippen molar-refractivity contribution in [2.24, 2.45) is 11.6 Å². The molecule has 0 atom stereocenters. The van der Waals surface area contributed by atoms with Crippen LogP contribution >= 0.6 is 0 Å². The molecule has 0 spiro atoms. The fraction of sp³-hybridized carbons (Fsp3) is 0.857. The molecule has 0 aromatic rings. The number of hydrogen-bond donors (Lipinski definition) is 2. The van der Waals surface area contributed by atoms with Crippen molar-refractivity contribution in [1.82, 2.24) is 9.91 Å². The standard InChI is InChI=1S/C14H28N4O/c1-2-12(15)11-18(16)14-3-7-17(8-4-14)13-5-9-19-10-6-13/h11,13-14H,2-10,15-16H2,1H3/b12-11-. The van der Waals surface area contributed by atoms with Crippen LogP contribution in [0.5, 0.6) is 0 Å². The van der Waals surface area contributed by atoms with E-state index in [-0.39, 0.29) is 0 Å². The molecule has 0 saturated carbocycles. The molecule has 19 heavy (non-hydrogen) atoms. The Bertz CT molecular complexity index is 294. The smallest absolute Gasteiger partial charge is 0.0480 e. The van der Waals surface area contributed by atoms with Crippen LogP contribution in [0, 0.1) is 0 Å². The van der Waals surface area contributed by atoms with Gasteiger partial charge in [0.25, 0.3) is 0 Å². The first-order valence-electron chi connectivity index (χ1n) is 7.51. The summed E-state index contributed by atoms with van der Waals surface area (Å²) in [5, 5.41) is 1.82. The summed E-state index contributed by atoms with van der Waals surface area (Å²) in [5.41, 5.74) is 6.70. The van der Waals surface area contributed by atoms with Gasteiger partial charge >= 0.3 is 0 Å². The van der Waals surface area contributed by atoms with Crippen LogP contribution in [0.4, 0.5) is 0 Å². The van der Waals surface area contributed by atoms with Crippen LogP contribution in [-0.2, 0) is 4.74 Å². The Labute approximate surface area is 116 Å². The molecule has 5 heteroatoms. The zero-order chi connectivity index (χ0) is 13.7. The van der Waals surface area contributed by atoms with E-state index in [2.05, 4.69) is 4.90 Å². The highest BCUT2D eigenvalue weighted by Gasteiger charge is 2.27. The summed E-state index contributed by atoms with van der Waals surface area (Å²) in [4.78, 5) is 2.61. The van der Waals surface area contributed by atoms with E-state index >= 15 is 0 Å². The van der Waals surface area contributed by atoms with E-state index in [0.717, 1.165) is 57.3 Å². The number of likely N-dealkylation sites (tertiary alicyclic amines) is 1. The van der Waals surface area contributed by atoms with Gasteiger partial charge in [-0.1, -0.05) is 6.92 Å². The molecule has 0 aromatic heterocycles. The average molecular weight is 268 g/mol. The van der Waals surface area contributed by atoms with Gasteiger partial charge < -0.3 is 20.4 Å². The molecule has 0 aromatic carbocycles.